The molecule has 20 heavy (non-hydrogen) atoms. The lowest BCUT2D eigenvalue weighted by Crippen LogP contribution is -2.02. The number of aryl methyl sites for hydroxylation is 2. The van der Waals surface area contributed by atoms with Crippen LogP contribution in [0.2, 0.25) is 0 Å². The average molecular weight is 342 g/mol. The first-order valence-electron chi connectivity index (χ1n) is 5.57. The van der Waals surface area contributed by atoms with Crippen LogP contribution in [0.5, 0.6) is 0 Å². The molecule has 2 N–H and O–H groups in total. The molecule has 0 saturated carbocycles. The topological polar surface area (TPSA) is 92.0 Å². The van der Waals surface area contributed by atoms with Crippen LogP contribution in [-0.4, -0.2) is 39.6 Å². The van der Waals surface area contributed by atoms with E-state index in [-0.39, 0.29) is 0 Å². The molecule has 0 saturated heterocycles. The highest BCUT2D eigenvalue weighted by Gasteiger charge is 2.12. The largest absolute Gasteiger partial charge is 0.271 e. The van der Waals surface area contributed by atoms with Gasteiger partial charge in [-0.15, -0.1) is 20.4 Å². The van der Waals surface area contributed by atoms with Gasteiger partial charge in [0.25, 0.3) is 0 Å². The normalized spacial score (nSPS) is 11.8. The molecule has 0 radical (unpaired) electrons. The third-order valence-electron chi connectivity index (χ3n) is 2.75. The zero-order valence-electron chi connectivity index (χ0n) is 9.73. The van der Waals surface area contributed by atoms with E-state index in [0.717, 1.165) is 21.6 Å². The Kier molecular flexibility index (Phi) is 2.76. The molecule has 4 rings (SSSR count). The quantitative estimate of drug-likeness (QED) is 0.552. The Morgan fingerprint density at radius 1 is 0.800 bits per heavy atom. The SMILES string of the molecule is S=c1[nH]n2c(CCc3nnc4sc(=S)[nH]n34)nnc2s1. The van der Waals surface area contributed by atoms with Crippen molar-refractivity contribution in [2.24, 2.45) is 0 Å². The number of H-pyrrole nitrogens is 2. The van der Waals surface area contributed by atoms with Crippen LogP contribution in [0.15, 0.2) is 0 Å². The van der Waals surface area contributed by atoms with Gasteiger partial charge in [0, 0.05) is 12.8 Å². The summed E-state index contributed by atoms with van der Waals surface area (Å²) in [7, 11) is 0. The molecule has 0 aromatic carbocycles. The van der Waals surface area contributed by atoms with Crippen molar-refractivity contribution in [3.05, 3.63) is 19.6 Å². The van der Waals surface area contributed by atoms with E-state index in [1.54, 1.807) is 9.03 Å². The molecule has 0 fully saturated rings. The van der Waals surface area contributed by atoms with Crippen LogP contribution >= 0.6 is 47.1 Å². The Balaban J connectivity index is 1.66. The van der Waals surface area contributed by atoms with Crippen LogP contribution < -0.4 is 0 Å². The van der Waals surface area contributed by atoms with Crippen LogP contribution in [0.25, 0.3) is 9.92 Å². The average Bonchev–Trinajstić information content (AvgIpc) is 3.09. The van der Waals surface area contributed by atoms with E-state index >= 15 is 0 Å². The third-order valence-corrected chi connectivity index (χ3v) is 4.88. The van der Waals surface area contributed by atoms with Gasteiger partial charge in [-0.25, -0.2) is 9.03 Å². The van der Waals surface area contributed by atoms with Gasteiger partial charge in [0.05, 0.1) is 0 Å². The van der Waals surface area contributed by atoms with Gasteiger partial charge in [-0.1, -0.05) is 22.7 Å². The predicted molar refractivity (Wildman–Crippen MR) is 79.5 cm³/mol. The lowest BCUT2D eigenvalue weighted by Gasteiger charge is -1.96. The van der Waals surface area contributed by atoms with Crippen LogP contribution in [0, 0.1) is 7.91 Å². The molecule has 0 amide bonds. The van der Waals surface area contributed by atoms with E-state index < -0.39 is 0 Å². The fraction of sp³-hybridized carbons (Fsp3) is 0.250. The highest BCUT2D eigenvalue weighted by Crippen LogP contribution is 2.13. The lowest BCUT2D eigenvalue weighted by molar-refractivity contribution is 0.735. The van der Waals surface area contributed by atoms with Gasteiger partial charge in [-0.3, -0.25) is 10.2 Å². The maximum absolute atomic E-state index is 5.09. The van der Waals surface area contributed by atoms with Gasteiger partial charge in [-0.05, 0) is 24.4 Å². The first-order chi connectivity index (χ1) is 9.70. The molecule has 8 nitrogen and oxygen atoms in total. The van der Waals surface area contributed by atoms with Crippen molar-refractivity contribution in [2.45, 2.75) is 12.8 Å². The minimum absolute atomic E-state index is 0.681. The molecule has 0 aliphatic rings. The smallest absolute Gasteiger partial charge is 0.233 e. The molecular weight excluding hydrogens is 336 g/mol. The second-order valence-electron chi connectivity index (χ2n) is 3.97. The van der Waals surface area contributed by atoms with Gasteiger partial charge in [0.1, 0.15) is 0 Å². The first kappa shape index (κ1) is 12.3. The Labute approximate surface area is 129 Å². The number of hydrogen-bond donors (Lipinski definition) is 2. The summed E-state index contributed by atoms with van der Waals surface area (Å²) >= 11 is 13.0. The summed E-state index contributed by atoms with van der Waals surface area (Å²) < 4.78 is 4.98. The molecule has 0 aliphatic carbocycles. The van der Waals surface area contributed by atoms with Crippen molar-refractivity contribution in [3.8, 4) is 0 Å². The summed E-state index contributed by atoms with van der Waals surface area (Å²) in [6.07, 6.45) is 1.36. The number of aromatic nitrogens is 8. The molecule has 0 spiro atoms. The van der Waals surface area contributed by atoms with E-state index in [2.05, 4.69) is 30.6 Å². The lowest BCUT2D eigenvalue weighted by atomic mass is 10.3. The second kappa shape index (κ2) is 4.51. The van der Waals surface area contributed by atoms with Crippen molar-refractivity contribution in [3.63, 3.8) is 0 Å². The summed E-state index contributed by atoms with van der Waals surface area (Å²) in [6, 6.07) is 0. The molecule has 0 atom stereocenters. The number of nitrogens with zero attached hydrogens (tertiary/aromatic N) is 6. The summed E-state index contributed by atoms with van der Waals surface area (Å²) in [5.41, 5.74) is 0. The third kappa shape index (κ3) is 1.91. The zero-order valence-corrected chi connectivity index (χ0v) is 13.0. The zero-order chi connectivity index (χ0) is 13.7. The highest BCUT2D eigenvalue weighted by molar-refractivity contribution is 7.73. The van der Waals surface area contributed by atoms with Crippen molar-refractivity contribution in [1.82, 2.24) is 39.6 Å². The fourth-order valence-corrected chi connectivity index (χ4v) is 3.78. The minimum atomic E-state index is 0.681. The summed E-state index contributed by atoms with van der Waals surface area (Å²) in [5.74, 6) is 1.64. The maximum atomic E-state index is 5.09. The van der Waals surface area contributed by atoms with Crippen molar-refractivity contribution >= 4 is 57.0 Å². The molecule has 12 heteroatoms. The Bertz CT molecular complexity index is 926. The Morgan fingerprint density at radius 2 is 1.25 bits per heavy atom. The number of fused-ring (bicyclic) bond motifs is 2. The molecular formula is C8H6N8S4. The second-order valence-corrected chi connectivity index (χ2v) is 7.26. The van der Waals surface area contributed by atoms with Gasteiger partial charge in [0.15, 0.2) is 19.6 Å². The molecule has 4 aromatic heterocycles. The monoisotopic (exact) mass is 342 g/mol. The van der Waals surface area contributed by atoms with Gasteiger partial charge < -0.3 is 0 Å². The van der Waals surface area contributed by atoms with E-state index in [9.17, 15) is 0 Å². The molecule has 0 unspecified atom stereocenters. The summed E-state index contributed by atoms with van der Waals surface area (Å²) in [4.78, 5) is 1.54. The number of rotatable bonds is 3. The molecule has 4 aromatic rings. The standard InChI is InChI=1S/C8H6N8S4/c17-7-13-15-3(9-11-5(15)19-7)1-2-4-10-12-6-16(4)14-8(18)20-6/h1-2H2,(H,13,17)(H,14,18). The van der Waals surface area contributed by atoms with Gasteiger partial charge >= 0.3 is 0 Å². The van der Waals surface area contributed by atoms with E-state index in [1.807, 2.05) is 0 Å². The molecule has 4 heterocycles. The van der Waals surface area contributed by atoms with Crippen molar-refractivity contribution < 1.29 is 0 Å². The van der Waals surface area contributed by atoms with Gasteiger partial charge in [0.2, 0.25) is 9.92 Å². The Morgan fingerprint density at radius 3 is 1.70 bits per heavy atom. The Hall–Kier alpha value is -1.50. The number of nitrogens with one attached hydrogen (secondary N) is 2. The van der Waals surface area contributed by atoms with Crippen LogP contribution in [-0.2, 0) is 12.8 Å². The van der Waals surface area contributed by atoms with E-state index in [4.69, 9.17) is 24.4 Å². The summed E-state index contributed by atoms with van der Waals surface area (Å²) in [5, 5.41) is 22.5. The fourth-order valence-electron chi connectivity index (χ4n) is 1.90. The van der Waals surface area contributed by atoms with E-state index in [0.29, 0.717) is 20.8 Å². The minimum Gasteiger partial charge on any atom is -0.271 e. The number of aromatic amines is 2. The van der Waals surface area contributed by atoms with Gasteiger partial charge in [-0.2, -0.15) is 0 Å². The maximum Gasteiger partial charge on any atom is 0.233 e. The van der Waals surface area contributed by atoms with E-state index in [1.165, 1.54) is 22.7 Å². The predicted octanol–water partition coefficient (Wildman–Crippen LogP) is 1.80. The van der Waals surface area contributed by atoms with Crippen LogP contribution in [0.3, 0.4) is 0 Å². The highest BCUT2D eigenvalue weighted by atomic mass is 32.2. The first-order valence-corrected chi connectivity index (χ1v) is 8.02. The molecule has 102 valence electrons. The number of hydrogen-bond acceptors (Lipinski definition) is 8. The summed E-state index contributed by atoms with van der Waals surface area (Å²) in [6.45, 7) is 0. The van der Waals surface area contributed by atoms with Crippen molar-refractivity contribution in [1.29, 1.82) is 0 Å². The van der Waals surface area contributed by atoms with Crippen molar-refractivity contribution in [2.75, 3.05) is 0 Å². The molecule has 0 aliphatic heterocycles. The van der Waals surface area contributed by atoms with Crippen LogP contribution in [0.4, 0.5) is 0 Å². The molecule has 0 bridgehead atoms. The van der Waals surface area contributed by atoms with Crippen LogP contribution in [0.1, 0.15) is 11.6 Å².